The zero-order valence-electron chi connectivity index (χ0n) is 10.5. The molecular formula is C12H20N4O. The van der Waals surface area contributed by atoms with Crippen molar-refractivity contribution in [1.29, 1.82) is 0 Å². The molecule has 5 nitrogen and oxygen atoms in total. The Bertz CT molecular complexity index is 399. The first-order chi connectivity index (χ1) is 8.15. The molecule has 5 heteroatoms. The summed E-state index contributed by atoms with van der Waals surface area (Å²) in [7, 11) is 0. The van der Waals surface area contributed by atoms with E-state index in [9.17, 15) is 0 Å². The quantitative estimate of drug-likeness (QED) is 0.624. The summed E-state index contributed by atoms with van der Waals surface area (Å²) in [5.41, 5.74) is 5.98. The summed E-state index contributed by atoms with van der Waals surface area (Å²) >= 11 is 0. The number of rotatable bonds is 2. The predicted molar refractivity (Wildman–Crippen MR) is 66.5 cm³/mol. The second-order valence-corrected chi connectivity index (χ2v) is 4.71. The van der Waals surface area contributed by atoms with Gasteiger partial charge in [-0.15, -0.1) is 0 Å². The van der Waals surface area contributed by atoms with Crippen LogP contribution in [0.2, 0.25) is 0 Å². The summed E-state index contributed by atoms with van der Waals surface area (Å²) in [5.74, 6) is 2.74. The Kier molecular flexibility index (Phi) is 3.66. The topological polar surface area (TPSA) is 67.7 Å². The first-order valence-electron chi connectivity index (χ1n) is 6.11. The van der Waals surface area contributed by atoms with E-state index in [-0.39, 0.29) is 0 Å². The molecule has 0 aliphatic carbocycles. The number of piperidine rings is 1. The lowest BCUT2D eigenvalue weighted by molar-refractivity contribution is 0.270. The van der Waals surface area contributed by atoms with E-state index >= 15 is 0 Å². The molecular weight excluding hydrogens is 216 g/mol. The number of hydrogen-bond donors (Lipinski definition) is 1. The maximum absolute atomic E-state index is 5.98. The van der Waals surface area contributed by atoms with E-state index in [1.54, 1.807) is 6.20 Å². The van der Waals surface area contributed by atoms with Crippen molar-refractivity contribution in [3.8, 4) is 0 Å². The van der Waals surface area contributed by atoms with Crippen LogP contribution in [-0.4, -0.2) is 28.9 Å². The van der Waals surface area contributed by atoms with Gasteiger partial charge in [0.25, 0.3) is 0 Å². The van der Waals surface area contributed by atoms with Crippen LogP contribution < -0.4 is 5.73 Å². The molecule has 1 aromatic heterocycles. The van der Waals surface area contributed by atoms with Crippen LogP contribution in [0.4, 0.5) is 0 Å². The van der Waals surface area contributed by atoms with Crippen molar-refractivity contribution in [3.63, 3.8) is 0 Å². The Balaban J connectivity index is 1.92. The minimum absolute atomic E-state index is 0.470. The number of hydrogen-bond acceptors (Lipinski definition) is 3. The number of likely N-dealkylation sites (tertiary alicyclic amines) is 1. The molecule has 0 aromatic carbocycles. The first-order valence-corrected chi connectivity index (χ1v) is 6.11. The predicted octanol–water partition coefficient (Wildman–Crippen LogP) is 1.53. The molecule has 94 valence electrons. The van der Waals surface area contributed by atoms with E-state index in [1.165, 1.54) is 12.8 Å². The number of guanidine groups is 1. The second-order valence-electron chi connectivity index (χ2n) is 4.71. The van der Waals surface area contributed by atoms with E-state index < -0.39 is 0 Å². The Morgan fingerprint density at radius 1 is 1.71 bits per heavy atom. The number of aryl methyl sites for hydroxylation is 1. The maximum atomic E-state index is 5.98. The van der Waals surface area contributed by atoms with Crippen molar-refractivity contribution in [2.75, 3.05) is 13.1 Å². The zero-order valence-corrected chi connectivity index (χ0v) is 10.5. The molecule has 2 N–H and O–H groups in total. The summed E-state index contributed by atoms with van der Waals surface area (Å²) in [6, 6.07) is 0. The molecule has 1 atom stereocenters. The van der Waals surface area contributed by atoms with Crippen LogP contribution in [0, 0.1) is 12.8 Å². The minimum atomic E-state index is 0.470. The van der Waals surface area contributed by atoms with Crippen LogP contribution in [-0.2, 0) is 6.54 Å². The summed E-state index contributed by atoms with van der Waals surface area (Å²) in [5, 5.41) is 0. The molecule has 1 fully saturated rings. The third-order valence-electron chi connectivity index (χ3n) is 3.05. The lowest BCUT2D eigenvalue weighted by Gasteiger charge is -2.31. The van der Waals surface area contributed by atoms with Gasteiger partial charge in [0.2, 0.25) is 0 Å². The Morgan fingerprint density at radius 3 is 3.18 bits per heavy atom. The number of nitrogens with zero attached hydrogens (tertiary/aromatic N) is 3. The summed E-state index contributed by atoms with van der Waals surface area (Å²) in [6.45, 7) is 6.56. The van der Waals surface area contributed by atoms with Gasteiger partial charge in [-0.25, -0.2) is 9.98 Å². The van der Waals surface area contributed by atoms with Crippen molar-refractivity contribution in [3.05, 3.63) is 17.8 Å². The molecule has 0 saturated carbocycles. The minimum Gasteiger partial charge on any atom is -0.444 e. The monoisotopic (exact) mass is 236 g/mol. The van der Waals surface area contributed by atoms with Gasteiger partial charge in [-0.05, 0) is 18.8 Å². The van der Waals surface area contributed by atoms with Gasteiger partial charge in [0.05, 0.1) is 6.20 Å². The number of nitrogens with two attached hydrogens (primary N) is 1. The van der Waals surface area contributed by atoms with Gasteiger partial charge in [0.1, 0.15) is 12.3 Å². The fraction of sp³-hybridized carbons (Fsp3) is 0.667. The molecule has 2 heterocycles. The van der Waals surface area contributed by atoms with Crippen molar-refractivity contribution < 1.29 is 4.42 Å². The molecule has 1 aliphatic rings. The highest BCUT2D eigenvalue weighted by Crippen LogP contribution is 2.15. The lowest BCUT2D eigenvalue weighted by Crippen LogP contribution is -2.43. The van der Waals surface area contributed by atoms with Crippen LogP contribution in [0.3, 0.4) is 0 Å². The van der Waals surface area contributed by atoms with Crippen LogP contribution in [0.5, 0.6) is 0 Å². The van der Waals surface area contributed by atoms with E-state index in [1.807, 2.05) is 6.92 Å². The average molecular weight is 236 g/mol. The van der Waals surface area contributed by atoms with Crippen LogP contribution in [0.15, 0.2) is 15.6 Å². The first kappa shape index (κ1) is 12.0. The zero-order chi connectivity index (χ0) is 12.3. The van der Waals surface area contributed by atoms with Gasteiger partial charge >= 0.3 is 0 Å². The largest absolute Gasteiger partial charge is 0.444 e. The SMILES string of the molecule is Cc1ncc(CN=C(N)N2CCCC(C)C2)o1. The normalized spacial score (nSPS) is 21.9. The smallest absolute Gasteiger partial charge is 0.191 e. The van der Waals surface area contributed by atoms with Crippen molar-refractivity contribution in [2.45, 2.75) is 33.2 Å². The summed E-state index contributed by atoms with van der Waals surface area (Å²) in [6.07, 6.45) is 4.18. The van der Waals surface area contributed by atoms with E-state index in [2.05, 4.69) is 21.8 Å². The third kappa shape index (κ3) is 3.22. The fourth-order valence-corrected chi connectivity index (χ4v) is 2.13. The molecule has 0 radical (unpaired) electrons. The van der Waals surface area contributed by atoms with Gasteiger partial charge in [0.15, 0.2) is 11.9 Å². The Labute approximate surface area is 102 Å². The molecule has 1 unspecified atom stereocenters. The average Bonchev–Trinajstić information content (AvgIpc) is 2.72. The van der Waals surface area contributed by atoms with E-state index in [4.69, 9.17) is 10.2 Å². The standard InChI is InChI=1S/C12H20N4O/c1-9-4-3-5-16(8-9)12(13)15-7-11-6-14-10(2)17-11/h6,9H,3-5,7-8H2,1-2H3,(H2,13,15). The molecule has 0 amide bonds. The lowest BCUT2D eigenvalue weighted by atomic mass is 10.0. The van der Waals surface area contributed by atoms with Crippen molar-refractivity contribution >= 4 is 5.96 Å². The molecule has 2 rings (SSSR count). The van der Waals surface area contributed by atoms with Gasteiger partial charge in [-0.2, -0.15) is 0 Å². The Hall–Kier alpha value is -1.52. The highest BCUT2D eigenvalue weighted by Gasteiger charge is 2.17. The van der Waals surface area contributed by atoms with Crippen molar-refractivity contribution in [2.24, 2.45) is 16.6 Å². The van der Waals surface area contributed by atoms with Crippen LogP contribution >= 0.6 is 0 Å². The van der Waals surface area contributed by atoms with Gasteiger partial charge in [-0.1, -0.05) is 6.92 Å². The highest BCUT2D eigenvalue weighted by molar-refractivity contribution is 5.78. The second kappa shape index (κ2) is 5.21. The van der Waals surface area contributed by atoms with E-state index in [0.717, 1.165) is 18.8 Å². The van der Waals surface area contributed by atoms with Gasteiger partial charge in [-0.3, -0.25) is 0 Å². The molecule has 0 bridgehead atoms. The fourth-order valence-electron chi connectivity index (χ4n) is 2.13. The summed E-state index contributed by atoms with van der Waals surface area (Å²) in [4.78, 5) is 10.5. The van der Waals surface area contributed by atoms with Crippen LogP contribution in [0.1, 0.15) is 31.4 Å². The molecule has 1 saturated heterocycles. The maximum Gasteiger partial charge on any atom is 0.191 e. The molecule has 1 aromatic rings. The van der Waals surface area contributed by atoms with Crippen molar-refractivity contribution in [1.82, 2.24) is 9.88 Å². The molecule has 1 aliphatic heterocycles. The third-order valence-corrected chi connectivity index (χ3v) is 3.05. The number of aromatic nitrogens is 1. The highest BCUT2D eigenvalue weighted by atomic mass is 16.4. The molecule has 17 heavy (non-hydrogen) atoms. The van der Waals surface area contributed by atoms with Gasteiger partial charge in [0, 0.05) is 20.0 Å². The van der Waals surface area contributed by atoms with E-state index in [0.29, 0.717) is 24.3 Å². The Morgan fingerprint density at radius 2 is 2.53 bits per heavy atom. The van der Waals surface area contributed by atoms with Crippen LogP contribution in [0.25, 0.3) is 0 Å². The summed E-state index contributed by atoms with van der Waals surface area (Å²) < 4.78 is 5.35. The number of aliphatic imine (C=N–C) groups is 1. The number of oxazole rings is 1. The van der Waals surface area contributed by atoms with Gasteiger partial charge < -0.3 is 15.1 Å². The molecule has 0 spiro atoms.